The summed E-state index contributed by atoms with van der Waals surface area (Å²) < 4.78 is 7.75. The second-order valence-corrected chi connectivity index (χ2v) is 7.82. The van der Waals surface area contributed by atoms with Gasteiger partial charge in [0, 0.05) is 34.3 Å². The molecule has 7 nitrogen and oxygen atoms in total. The lowest BCUT2D eigenvalue weighted by atomic mass is 10.1. The van der Waals surface area contributed by atoms with Crippen molar-refractivity contribution in [2.75, 3.05) is 0 Å². The van der Waals surface area contributed by atoms with Crippen molar-refractivity contribution in [2.24, 2.45) is 0 Å². The molecule has 0 radical (unpaired) electrons. The Morgan fingerprint density at radius 3 is 2.56 bits per heavy atom. The number of benzene rings is 3. The maximum absolute atomic E-state index is 12.8. The van der Waals surface area contributed by atoms with E-state index < -0.39 is 4.92 Å². The number of para-hydroxylation sites is 2. The van der Waals surface area contributed by atoms with E-state index in [0.29, 0.717) is 22.6 Å². The third-order valence-electron chi connectivity index (χ3n) is 5.53. The van der Waals surface area contributed by atoms with Crippen LogP contribution in [-0.4, -0.2) is 20.5 Å². The average molecular weight is 449 g/mol. The van der Waals surface area contributed by atoms with Gasteiger partial charge >= 0.3 is 0 Å². The molecule has 2 heterocycles. The molecule has 0 fully saturated rings. The lowest BCUT2D eigenvalue weighted by molar-refractivity contribution is -0.385. The summed E-state index contributed by atoms with van der Waals surface area (Å²) in [5.41, 5.74) is 3.52. The Morgan fingerprint density at radius 1 is 1.03 bits per heavy atom. The van der Waals surface area contributed by atoms with Crippen LogP contribution in [0.5, 0.6) is 0 Å². The van der Waals surface area contributed by atoms with Crippen molar-refractivity contribution in [3.8, 4) is 17.1 Å². The molecule has 0 spiro atoms. The Balaban J connectivity index is 1.55. The number of furan rings is 1. The zero-order valence-electron chi connectivity index (χ0n) is 18.2. The number of ketones is 1. The molecule has 0 saturated carbocycles. The van der Waals surface area contributed by atoms with Crippen LogP contribution in [-0.2, 0) is 0 Å². The molecule has 34 heavy (non-hydrogen) atoms. The highest BCUT2D eigenvalue weighted by Crippen LogP contribution is 2.30. The van der Waals surface area contributed by atoms with Crippen molar-refractivity contribution in [3.05, 3.63) is 118 Å². The standard InChI is InChI=1S/C27H19N3O4/c1-18-11-12-19(15-23(18)30(32)33)24(31)14-13-21-17-29(22-8-3-2-4-9-22)28-27(21)26-16-20-7-5-6-10-25(20)34-26/h2-17H,1H3. The number of carbonyl (C=O) groups excluding carboxylic acids is 1. The summed E-state index contributed by atoms with van der Waals surface area (Å²) in [5, 5.41) is 16.9. The van der Waals surface area contributed by atoms with Crippen LogP contribution in [0.25, 0.3) is 34.2 Å². The van der Waals surface area contributed by atoms with Gasteiger partial charge in [0.25, 0.3) is 5.69 Å². The van der Waals surface area contributed by atoms with Crippen molar-refractivity contribution in [2.45, 2.75) is 6.92 Å². The fourth-order valence-corrected chi connectivity index (χ4v) is 3.73. The van der Waals surface area contributed by atoms with Crippen LogP contribution >= 0.6 is 0 Å². The summed E-state index contributed by atoms with van der Waals surface area (Å²) in [7, 11) is 0. The minimum absolute atomic E-state index is 0.0842. The normalized spacial score (nSPS) is 11.3. The van der Waals surface area contributed by atoms with Gasteiger partial charge < -0.3 is 4.42 Å². The SMILES string of the molecule is Cc1ccc(C(=O)C=Cc2cn(-c3ccccc3)nc2-c2cc3ccccc3o2)cc1[N+](=O)[O-]. The van der Waals surface area contributed by atoms with Gasteiger partial charge in [0.15, 0.2) is 11.5 Å². The Morgan fingerprint density at radius 2 is 1.79 bits per heavy atom. The van der Waals surface area contributed by atoms with Gasteiger partial charge in [0.05, 0.1) is 10.6 Å². The molecule has 0 aliphatic rings. The summed E-state index contributed by atoms with van der Waals surface area (Å²) in [6.45, 7) is 1.64. The predicted molar refractivity (Wildman–Crippen MR) is 130 cm³/mol. The molecular weight excluding hydrogens is 430 g/mol. The van der Waals surface area contributed by atoms with Gasteiger partial charge in [-0.15, -0.1) is 0 Å². The highest BCUT2D eigenvalue weighted by molar-refractivity contribution is 6.07. The number of hydrogen-bond donors (Lipinski definition) is 0. The number of fused-ring (bicyclic) bond motifs is 1. The van der Waals surface area contributed by atoms with E-state index in [1.807, 2.05) is 66.9 Å². The highest BCUT2D eigenvalue weighted by atomic mass is 16.6. The van der Waals surface area contributed by atoms with Crippen LogP contribution in [0, 0.1) is 17.0 Å². The van der Waals surface area contributed by atoms with E-state index in [-0.39, 0.29) is 17.0 Å². The lowest BCUT2D eigenvalue weighted by Crippen LogP contribution is -1.98. The van der Waals surface area contributed by atoms with Crippen molar-refractivity contribution >= 4 is 28.5 Å². The van der Waals surface area contributed by atoms with Crippen molar-refractivity contribution in [1.29, 1.82) is 0 Å². The molecule has 0 amide bonds. The van der Waals surface area contributed by atoms with Crippen molar-refractivity contribution in [1.82, 2.24) is 9.78 Å². The maximum atomic E-state index is 12.8. The van der Waals surface area contributed by atoms with E-state index in [4.69, 9.17) is 9.52 Å². The van der Waals surface area contributed by atoms with E-state index in [9.17, 15) is 14.9 Å². The van der Waals surface area contributed by atoms with Crippen LogP contribution in [0.2, 0.25) is 0 Å². The highest BCUT2D eigenvalue weighted by Gasteiger charge is 2.17. The molecule has 0 saturated heterocycles. The monoisotopic (exact) mass is 449 g/mol. The zero-order chi connectivity index (χ0) is 23.7. The third-order valence-corrected chi connectivity index (χ3v) is 5.53. The fraction of sp³-hybridized carbons (Fsp3) is 0.0370. The molecule has 2 aromatic heterocycles. The molecule has 5 aromatic rings. The second-order valence-electron chi connectivity index (χ2n) is 7.82. The molecule has 166 valence electrons. The van der Waals surface area contributed by atoms with E-state index >= 15 is 0 Å². The van der Waals surface area contributed by atoms with Crippen LogP contribution < -0.4 is 0 Å². The zero-order valence-corrected chi connectivity index (χ0v) is 18.2. The van der Waals surface area contributed by atoms with Crippen molar-refractivity contribution in [3.63, 3.8) is 0 Å². The van der Waals surface area contributed by atoms with Crippen LogP contribution in [0.4, 0.5) is 5.69 Å². The molecule has 0 unspecified atom stereocenters. The molecule has 3 aromatic carbocycles. The Bertz CT molecular complexity index is 1530. The van der Waals surface area contributed by atoms with E-state index in [1.165, 1.54) is 12.1 Å². The minimum Gasteiger partial charge on any atom is -0.454 e. The van der Waals surface area contributed by atoms with Gasteiger partial charge in [-0.2, -0.15) is 5.10 Å². The third kappa shape index (κ3) is 4.02. The summed E-state index contributed by atoms with van der Waals surface area (Å²) >= 11 is 0. The van der Waals surface area contributed by atoms with Crippen LogP contribution in [0.15, 0.2) is 95.6 Å². The van der Waals surface area contributed by atoms with E-state index in [1.54, 1.807) is 29.8 Å². The number of aromatic nitrogens is 2. The molecule has 0 aliphatic heterocycles. The summed E-state index contributed by atoms with van der Waals surface area (Å²) in [6, 6.07) is 23.7. The quantitative estimate of drug-likeness (QED) is 0.129. The van der Waals surface area contributed by atoms with Crippen LogP contribution in [0.3, 0.4) is 0 Å². The first-order valence-corrected chi connectivity index (χ1v) is 10.6. The fourth-order valence-electron chi connectivity index (χ4n) is 3.73. The Labute approximate surface area is 194 Å². The molecule has 0 bridgehead atoms. The smallest absolute Gasteiger partial charge is 0.273 e. The second kappa shape index (κ2) is 8.63. The maximum Gasteiger partial charge on any atom is 0.273 e. The molecule has 0 aliphatic carbocycles. The van der Waals surface area contributed by atoms with Gasteiger partial charge in [0.1, 0.15) is 11.3 Å². The number of allylic oxidation sites excluding steroid dienone is 1. The predicted octanol–water partition coefficient (Wildman–Crippen LogP) is 6.40. The Kier molecular flexibility index (Phi) is 5.35. The van der Waals surface area contributed by atoms with Crippen LogP contribution in [0.1, 0.15) is 21.5 Å². The van der Waals surface area contributed by atoms with E-state index in [0.717, 1.165) is 16.7 Å². The largest absolute Gasteiger partial charge is 0.454 e. The number of nitro groups is 1. The van der Waals surface area contributed by atoms with E-state index in [2.05, 4.69) is 0 Å². The van der Waals surface area contributed by atoms with Gasteiger partial charge in [-0.1, -0.05) is 48.5 Å². The number of rotatable bonds is 6. The minimum atomic E-state index is -0.487. The van der Waals surface area contributed by atoms with Gasteiger partial charge in [-0.25, -0.2) is 4.68 Å². The summed E-state index contributed by atoms with van der Waals surface area (Å²) in [6.07, 6.45) is 4.87. The van der Waals surface area contributed by atoms with Gasteiger partial charge in [-0.3, -0.25) is 14.9 Å². The molecule has 5 rings (SSSR count). The number of nitro benzene ring substituents is 1. The molecular formula is C27H19N3O4. The molecule has 0 atom stereocenters. The number of carbonyl (C=O) groups is 1. The molecule has 7 heteroatoms. The number of aryl methyl sites for hydroxylation is 1. The van der Waals surface area contributed by atoms with Crippen molar-refractivity contribution < 1.29 is 14.1 Å². The topological polar surface area (TPSA) is 91.2 Å². The number of nitrogens with zero attached hydrogens (tertiary/aromatic N) is 3. The first-order valence-electron chi connectivity index (χ1n) is 10.6. The first kappa shape index (κ1) is 21.1. The first-order chi connectivity index (χ1) is 16.5. The molecule has 0 N–H and O–H groups in total. The van der Waals surface area contributed by atoms with Gasteiger partial charge in [-0.05, 0) is 43.3 Å². The van der Waals surface area contributed by atoms with Gasteiger partial charge in [0.2, 0.25) is 0 Å². The average Bonchev–Trinajstić information content (AvgIpc) is 3.47. The summed E-state index contributed by atoms with van der Waals surface area (Å²) in [4.78, 5) is 23.6. The summed E-state index contributed by atoms with van der Waals surface area (Å²) in [5.74, 6) is 0.236. The Hall–Kier alpha value is -4.78. The number of hydrogen-bond acceptors (Lipinski definition) is 5. The lowest BCUT2D eigenvalue weighted by Gasteiger charge is -2.00.